The summed E-state index contributed by atoms with van der Waals surface area (Å²) in [4.78, 5) is 33.5. The van der Waals surface area contributed by atoms with Crippen molar-refractivity contribution in [1.29, 1.82) is 0 Å². The first-order chi connectivity index (χ1) is 18.1. The number of rotatable bonds is 8. The average Bonchev–Trinajstić information content (AvgIpc) is 3.51. The van der Waals surface area contributed by atoms with Gasteiger partial charge < -0.3 is 14.7 Å². The van der Waals surface area contributed by atoms with Gasteiger partial charge in [-0.2, -0.15) is 13.2 Å². The van der Waals surface area contributed by atoms with Crippen LogP contribution < -0.4 is 9.64 Å². The zero-order chi connectivity index (χ0) is 27.4. The molecule has 2 amide bonds. The molecule has 2 aromatic carbocycles. The van der Waals surface area contributed by atoms with Crippen molar-refractivity contribution in [2.75, 3.05) is 24.7 Å². The lowest BCUT2D eigenvalue weighted by Gasteiger charge is -2.29. The van der Waals surface area contributed by atoms with Gasteiger partial charge in [-0.25, -0.2) is 9.37 Å². The molecule has 1 saturated heterocycles. The van der Waals surface area contributed by atoms with Crippen LogP contribution in [0.1, 0.15) is 33.0 Å². The van der Waals surface area contributed by atoms with Crippen LogP contribution in [0.2, 0.25) is 0 Å². The summed E-state index contributed by atoms with van der Waals surface area (Å²) in [6, 6.07) is 7.11. The molecule has 7 nitrogen and oxygen atoms in total. The fourth-order valence-electron chi connectivity index (χ4n) is 4.06. The molecule has 1 aromatic heterocycles. The molecule has 1 atom stereocenters. The maximum Gasteiger partial charge on any atom is 0.416 e. The summed E-state index contributed by atoms with van der Waals surface area (Å²) in [5.41, 5.74) is -0.801. The van der Waals surface area contributed by atoms with Gasteiger partial charge in [0, 0.05) is 30.2 Å². The van der Waals surface area contributed by atoms with Crippen LogP contribution in [0.3, 0.4) is 0 Å². The number of aliphatic hydroxyl groups is 1. The van der Waals surface area contributed by atoms with Gasteiger partial charge in [0.1, 0.15) is 29.9 Å². The van der Waals surface area contributed by atoms with E-state index in [4.69, 9.17) is 16.3 Å². The zero-order valence-corrected chi connectivity index (χ0v) is 20.6. The van der Waals surface area contributed by atoms with Crippen LogP contribution in [0.25, 0.3) is 0 Å². The fraction of sp³-hybridized carbons (Fsp3) is 0.269. The number of anilines is 1. The molecule has 0 bridgehead atoms. The topological polar surface area (TPSA) is 83.0 Å². The maximum absolute atomic E-state index is 13.8. The second kappa shape index (κ2) is 11.2. The number of benzene rings is 2. The predicted molar refractivity (Wildman–Crippen MR) is 131 cm³/mol. The van der Waals surface area contributed by atoms with Gasteiger partial charge in [-0.05, 0) is 42.2 Å². The van der Waals surface area contributed by atoms with E-state index in [0.717, 1.165) is 28.4 Å². The number of thiazole rings is 1. The van der Waals surface area contributed by atoms with Crippen LogP contribution in [0, 0.1) is 18.2 Å². The second-order valence-electron chi connectivity index (χ2n) is 8.33. The van der Waals surface area contributed by atoms with Gasteiger partial charge in [-0.15, -0.1) is 17.8 Å². The number of aromatic nitrogens is 1. The predicted octanol–water partition coefficient (Wildman–Crippen LogP) is 4.10. The molecule has 198 valence electrons. The summed E-state index contributed by atoms with van der Waals surface area (Å²) in [6.45, 7) is -0.380. The Hall–Kier alpha value is -3.95. The van der Waals surface area contributed by atoms with Crippen LogP contribution in [-0.2, 0) is 17.5 Å². The molecular weight excluding hydrogens is 526 g/mol. The molecule has 1 aliphatic heterocycles. The number of hydrogen-bond acceptors (Lipinski definition) is 6. The largest absolute Gasteiger partial charge is 0.491 e. The number of nitrogens with zero attached hydrogens (tertiary/aromatic N) is 3. The summed E-state index contributed by atoms with van der Waals surface area (Å²) in [5, 5.41) is 10.6. The van der Waals surface area contributed by atoms with Crippen molar-refractivity contribution in [1.82, 2.24) is 9.88 Å². The lowest BCUT2D eigenvalue weighted by atomic mass is 10.1. The second-order valence-corrected chi connectivity index (χ2v) is 9.19. The summed E-state index contributed by atoms with van der Waals surface area (Å²) >= 11 is 1.01. The van der Waals surface area contributed by atoms with E-state index in [9.17, 15) is 27.2 Å². The molecule has 1 unspecified atom stereocenters. The Labute approximate surface area is 219 Å². The number of alkyl halides is 3. The number of carbonyl (C=O) groups excluding carboxylic acids is 2. The molecule has 2 heterocycles. The first kappa shape index (κ1) is 27.1. The number of aliphatic hydroxyl groups excluding tert-OH is 1. The average molecular weight is 548 g/mol. The van der Waals surface area contributed by atoms with Crippen LogP contribution in [0.15, 0.2) is 47.8 Å². The number of halogens is 4. The first-order valence-electron chi connectivity index (χ1n) is 11.4. The van der Waals surface area contributed by atoms with Crippen LogP contribution in [-0.4, -0.2) is 52.6 Å². The Morgan fingerprint density at radius 1 is 1.26 bits per heavy atom. The molecule has 3 aromatic rings. The molecular formula is C26H21F4N3O4S. The van der Waals surface area contributed by atoms with E-state index < -0.39 is 42.0 Å². The molecule has 0 saturated carbocycles. The van der Waals surface area contributed by atoms with Gasteiger partial charge in [0.2, 0.25) is 5.91 Å². The number of likely N-dealkylation sites (tertiary alicyclic amines) is 1. The minimum absolute atomic E-state index is 0.122. The van der Waals surface area contributed by atoms with E-state index in [-0.39, 0.29) is 48.3 Å². The van der Waals surface area contributed by atoms with E-state index >= 15 is 0 Å². The van der Waals surface area contributed by atoms with Crippen molar-refractivity contribution in [3.05, 3.63) is 75.5 Å². The summed E-state index contributed by atoms with van der Waals surface area (Å²) < 4.78 is 59.8. The Balaban J connectivity index is 1.74. The quantitative estimate of drug-likeness (QED) is 0.339. The minimum atomic E-state index is -4.78. The van der Waals surface area contributed by atoms with E-state index in [1.807, 2.05) is 0 Å². The van der Waals surface area contributed by atoms with Gasteiger partial charge in [-0.1, -0.05) is 12.1 Å². The molecule has 1 fully saturated rings. The van der Waals surface area contributed by atoms with E-state index in [0.29, 0.717) is 5.56 Å². The van der Waals surface area contributed by atoms with Crippen molar-refractivity contribution in [3.8, 4) is 18.1 Å². The lowest BCUT2D eigenvalue weighted by Crippen LogP contribution is -2.45. The highest BCUT2D eigenvalue weighted by atomic mass is 32.1. The van der Waals surface area contributed by atoms with Crippen LogP contribution >= 0.6 is 11.3 Å². The van der Waals surface area contributed by atoms with E-state index in [2.05, 4.69) is 10.9 Å². The Bertz CT molecular complexity index is 1370. The Morgan fingerprint density at radius 2 is 2.00 bits per heavy atom. The summed E-state index contributed by atoms with van der Waals surface area (Å²) in [7, 11) is 0. The van der Waals surface area contributed by atoms with Crippen molar-refractivity contribution in [3.63, 3.8) is 0 Å². The third-order valence-electron chi connectivity index (χ3n) is 5.79. The van der Waals surface area contributed by atoms with Crippen molar-refractivity contribution in [2.24, 2.45) is 0 Å². The highest BCUT2D eigenvalue weighted by Crippen LogP contribution is 2.37. The van der Waals surface area contributed by atoms with Crippen molar-refractivity contribution >= 4 is 28.8 Å². The van der Waals surface area contributed by atoms with Crippen molar-refractivity contribution < 1.29 is 37.0 Å². The van der Waals surface area contributed by atoms with Crippen LogP contribution in [0.5, 0.6) is 5.75 Å². The number of amides is 2. The van der Waals surface area contributed by atoms with E-state index in [1.54, 1.807) is 0 Å². The van der Waals surface area contributed by atoms with Gasteiger partial charge in [0.15, 0.2) is 5.01 Å². The van der Waals surface area contributed by atoms with Crippen LogP contribution in [0.4, 0.5) is 23.2 Å². The number of carbonyl (C=O) groups is 2. The Kier molecular flexibility index (Phi) is 7.99. The highest BCUT2D eigenvalue weighted by Gasteiger charge is 2.41. The highest BCUT2D eigenvalue weighted by molar-refractivity contribution is 7.10. The standard InChI is InChI=1S/C26H21F4N3O4S/c1-2-23-31-21(15-38-23)24(35)33(19-11-17(26(28,29)30)12-20(13-19)37-10-9-34)22-7-8-32(25(22)36)14-16-3-5-18(27)6-4-16/h1,3-6,11-13,15,22,34H,7-10,14H2. The Morgan fingerprint density at radius 3 is 2.63 bits per heavy atom. The van der Waals surface area contributed by atoms with Gasteiger partial charge >= 0.3 is 6.18 Å². The lowest BCUT2D eigenvalue weighted by molar-refractivity contribution is -0.137. The minimum Gasteiger partial charge on any atom is -0.491 e. The van der Waals surface area contributed by atoms with Gasteiger partial charge in [0.05, 0.1) is 12.2 Å². The monoisotopic (exact) mass is 547 g/mol. The molecule has 0 radical (unpaired) electrons. The molecule has 0 spiro atoms. The molecule has 1 aliphatic rings. The molecule has 38 heavy (non-hydrogen) atoms. The smallest absolute Gasteiger partial charge is 0.416 e. The number of ether oxygens (including phenoxy) is 1. The summed E-state index contributed by atoms with van der Waals surface area (Å²) in [5.74, 6) is 0.324. The first-order valence-corrected chi connectivity index (χ1v) is 12.2. The van der Waals surface area contributed by atoms with Gasteiger partial charge in [-0.3, -0.25) is 14.5 Å². The molecule has 1 N–H and O–H groups in total. The molecule has 12 heteroatoms. The molecule has 4 rings (SSSR count). The van der Waals surface area contributed by atoms with Crippen molar-refractivity contribution in [2.45, 2.75) is 25.2 Å². The maximum atomic E-state index is 13.8. The number of terminal acetylenes is 1. The third kappa shape index (κ3) is 5.95. The SMILES string of the molecule is C#Cc1nc(C(=O)N(c2cc(OCCO)cc(C(F)(F)F)c2)C2CCN(Cc3ccc(F)cc3)C2=O)cs1. The number of hydrogen-bond donors (Lipinski definition) is 1. The fourth-order valence-corrected chi connectivity index (χ4v) is 4.66. The normalized spacial score (nSPS) is 15.4. The van der Waals surface area contributed by atoms with E-state index in [1.165, 1.54) is 40.6 Å². The van der Waals surface area contributed by atoms with Gasteiger partial charge in [0.25, 0.3) is 5.91 Å². The zero-order valence-electron chi connectivity index (χ0n) is 19.7. The third-order valence-corrected chi connectivity index (χ3v) is 6.56. The molecule has 0 aliphatic carbocycles. The summed E-state index contributed by atoms with van der Waals surface area (Å²) in [6.07, 6.45) is 0.698.